The average Bonchev–Trinajstić information content (AvgIpc) is 2.72. The zero-order valence-corrected chi connectivity index (χ0v) is 17.8. The molecule has 29 heavy (non-hydrogen) atoms. The van der Waals surface area contributed by atoms with Crippen molar-refractivity contribution >= 4 is 5.97 Å². The Morgan fingerprint density at radius 2 is 1.38 bits per heavy atom. The van der Waals surface area contributed by atoms with E-state index in [0.29, 0.717) is 12.0 Å². The van der Waals surface area contributed by atoms with E-state index in [1.54, 1.807) is 6.07 Å². The lowest BCUT2D eigenvalue weighted by atomic mass is 9.95. The van der Waals surface area contributed by atoms with Crippen molar-refractivity contribution < 1.29 is 15.0 Å². The number of carboxylic acid groups (broad SMARTS) is 1. The van der Waals surface area contributed by atoms with Crippen LogP contribution >= 0.6 is 0 Å². The number of rotatable bonds is 14. The molecule has 0 saturated heterocycles. The molecule has 2 aromatic carbocycles. The molecule has 3 heteroatoms. The third-order valence-electron chi connectivity index (χ3n) is 5.54. The number of phenols is 1. The quantitative estimate of drug-likeness (QED) is 0.333. The van der Waals surface area contributed by atoms with Crippen molar-refractivity contribution in [3.63, 3.8) is 0 Å². The molecule has 0 aliphatic rings. The number of carbonyl (C=O) groups is 1. The first-order chi connectivity index (χ1) is 14.1. The number of aromatic carboxylic acids is 1. The number of benzene rings is 2. The van der Waals surface area contributed by atoms with Gasteiger partial charge in [0.25, 0.3) is 0 Å². The van der Waals surface area contributed by atoms with Crippen LogP contribution in [-0.4, -0.2) is 16.2 Å². The number of aromatic hydroxyl groups is 1. The maximum atomic E-state index is 11.6. The Bertz CT molecular complexity index is 737. The molecular formula is C26H36O3. The zero-order valence-electron chi connectivity index (χ0n) is 17.8. The summed E-state index contributed by atoms with van der Waals surface area (Å²) in [5, 5.41) is 19.9. The molecule has 158 valence electrons. The molecule has 0 bridgehead atoms. The molecule has 0 saturated carbocycles. The summed E-state index contributed by atoms with van der Waals surface area (Å²) in [6, 6.07) is 13.5. The van der Waals surface area contributed by atoms with Crippen molar-refractivity contribution in [1.82, 2.24) is 0 Å². The van der Waals surface area contributed by atoms with Gasteiger partial charge in [0.1, 0.15) is 11.3 Å². The fourth-order valence-electron chi connectivity index (χ4n) is 3.84. The molecule has 0 aliphatic carbocycles. The second-order valence-electron chi connectivity index (χ2n) is 8.05. The number of carboxylic acids is 1. The molecule has 0 heterocycles. The van der Waals surface area contributed by atoms with Crippen LogP contribution in [0, 0.1) is 0 Å². The summed E-state index contributed by atoms with van der Waals surface area (Å²) in [6.45, 7) is 2.25. The van der Waals surface area contributed by atoms with Crippen molar-refractivity contribution in [2.75, 3.05) is 0 Å². The van der Waals surface area contributed by atoms with Gasteiger partial charge < -0.3 is 10.2 Å². The molecule has 0 aromatic heterocycles. The van der Waals surface area contributed by atoms with Gasteiger partial charge in [-0.15, -0.1) is 0 Å². The highest BCUT2D eigenvalue weighted by molar-refractivity contribution is 5.91. The van der Waals surface area contributed by atoms with Gasteiger partial charge in [-0.1, -0.05) is 101 Å². The lowest BCUT2D eigenvalue weighted by Crippen LogP contribution is -2.02. The number of aryl methyl sites for hydroxylation is 1. The van der Waals surface area contributed by atoms with Crippen LogP contribution in [-0.2, 0) is 12.8 Å². The highest BCUT2D eigenvalue weighted by Crippen LogP contribution is 2.28. The average molecular weight is 397 g/mol. The molecule has 0 spiro atoms. The second kappa shape index (κ2) is 13.0. The van der Waals surface area contributed by atoms with Crippen LogP contribution in [0.25, 0.3) is 0 Å². The van der Waals surface area contributed by atoms with Crippen LogP contribution in [0.2, 0.25) is 0 Å². The van der Waals surface area contributed by atoms with Crippen LogP contribution in [0.1, 0.15) is 98.2 Å². The van der Waals surface area contributed by atoms with Gasteiger partial charge in [-0.05, 0) is 35.6 Å². The topological polar surface area (TPSA) is 57.5 Å². The second-order valence-corrected chi connectivity index (χ2v) is 8.05. The minimum atomic E-state index is -1.07. The highest BCUT2D eigenvalue weighted by atomic mass is 16.4. The molecule has 0 fully saturated rings. The minimum Gasteiger partial charge on any atom is -0.507 e. The Morgan fingerprint density at radius 1 is 0.793 bits per heavy atom. The van der Waals surface area contributed by atoms with E-state index >= 15 is 0 Å². The Labute approximate surface area is 175 Å². The van der Waals surface area contributed by atoms with Gasteiger partial charge in [-0.25, -0.2) is 4.79 Å². The van der Waals surface area contributed by atoms with E-state index < -0.39 is 5.97 Å². The number of hydrogen-bond donors (Lipinski definition) is 2. The molecule has 0 atom stereocenters. The molecular weight excluding hydrogens is 360 g/mol. The van der Waals surface area contributed by atoms with Gasteiger partial charge in [-0.3, -0.25) is 0 Å². The molecule has 0 aliphatic heterocycles. The predicted octanol–water partition coefficient (Wildman–Crippen LogP) is 7.14. The first-order valence-electron chi connectivity index (χ1n) is 11.2. The lowest BCUT2D eigenvalue weighted by molar-refractivity contribution is 0.0693. The van der Waals surface area contributed by atoms with Gasteiger partial charge in [0.2, 0.25) is 0 Å². The lowest BCUT2D eigenvalue weighted by Gasteiger charge is -2.11. The molecule has 0 amide bonds. The Morgan fingerprint density at radius 3 is 1.97 bits per heavy atom. The summed E-state index contributed by atoms with van der Waals surface area (Å²) in [4.78, 5) is 11.6. The van der Waals surface area contributed by atoms with Crippen molar-refractivity contribution in [2.24, 2.45) is 0 Å². The summed E-state index contributed by atoms with van der Waals surface area (Å²) in [5.74, 6) is -1.17. The van der Waals surface area contributed by atoms with E-state index in [0.717, 1.165) is 24.0 Å². The van der Waals surface area contributed by atoms with E-state index in [1.807, 2.05) is 36.4 Å². The third-order valence-corrected chi connectivity index (χ3v) is 5.54. The summed E-state index contributed by atoms with van der Waals surface area (Å²) in [6.07, 6.45) is 14.2. The standard InChI is InChI=1S/C26H36O3/c1-2-3-4-5-6-7-8-9-10-12-17-22-19-23(18-21-15-13-11-14-16-21)25(27)24(20-22)26(28)29/h11,13-16,19-20,27H,2-10,12,17-18H2,1H3,(H,28,29). The molecule has 2 rings (SSSR count). The Kier molecular flexibility index (Phi) is 10.3. The third kappa shape index (κ3) is 8.31. The van der Waals surface area contributed by atoms with E-state index in [9.17, 15) is 15.0 Å². The van der Waals surface area contributed by atoms with Crippen LogP contribution in [0.15, 0.2) is 42.5 Å². The summed E-state index contributed by atoms with van der Waals surface area (Å²) >= 11 is 0. The van der Waals surface area contributed by atoms with E-state index in [2.05, 4.69) is 6.92 Å². The van der Waals surface area contributed by atoms with Gasteiger partial charge in [-0.2, -0.15) is 0 Å². The fraction of sp³-hybridized carbons (Fsp3) is 0.500. The normalized spacial score (nSPS) is 10.9. The molecule has 0 radical (unpaired) electrons. The fourth-order valence-corrected chi connectivity index (χ4v) is 3.84. The smallest absolute Gasteiger partial charge is 0.339 e. The summed E-state index contributed by atoms with van der Waals surface area (Å²) < 4.78 is 0. The van der Waals surface area contributed by atoms with E-state index in [1.165, 1.54) is 57.8 Å². The maximum absolute atomic E-state index is 11.6. The maximum Gasteiger partial charge on any atom is 0.339 e. The van der Waals surface area contributed by atoms with Crippen LogP contribution in [0.4, 0.5) is 0 Å². The molecule has 2 N–H and O–H groups in total. The zero-order chi connectivity index (χ0) is 20.9. The van der Waals surface area contributed by atoms with Crippen molar-refractivity contribution in [3.8, 4) is 5.75 Å². The summed E-state index contributed by atoms with van der Waals surface area (Å²) in [7, 11) is 0. The number of hydrogen-bond acceptors (Lipinski definition) is 2. The van der Waals surface area contributed by atoms with Crippen molar-refractivity contribution in [2.45, 2.75) is 84.0 Å². The van der Waals surface area contributed by atoms with Crippen LogP contribution < -0.4 is 0 Å². The van der Waals surface area contributed by atoms with E-state index in [4.69, 9.17) is 0 Å². The molecule has 3 nitrogen and oxygen atoms in total. The molecule has 2 aromatic rings. The van der Waals surface area contributed by atoms with Gasteiger partial charge >= 0.3 is 5.97 Å². The van der Waals surface area contributed by atoms with Crippen LogP contribution in [0.3, 0.4) is 0 Å². The Balaban J connectivity index is 1.84. The Hall–Kier alpha value is -2.29. The SMILES string of the molecule is CCCCCCCCCCCCc1cc(Cc2ccccc2)c(O)c(C(=O)O)c1. The van der Waals surface area contributed by atoms with Crippen molar-refractivity contribution in [1.29, 1.82) is 0 Å². The summed E-state index contributed by atoms with van der Waals surface area (Å²) in [5.41, 5.74) is 2.78. The van der Waals surface area contributed by atoms with Gasteiger partial charge in [0, 0.05) is 6.42 Å². The van der Waals surface area contributed by atoms with Gasteiger partial charge in [0.05, 0.1) is 0 Å². The highest BCUT2D eigenvalue weighted by Gasteiger charge is 2.16. The van der Waals surface area contributed by atoms with Crippen LogP contribution in [0.5, 0.6) is 5.75 Å². The monoisotopic (exact) mass is 396 g/mol. The van der Waals surface area contributed by atoms with E-state index in [-0.39, 0.29) is 11.3 Å². The van der Waals surface area contributed by atoms with Gasteiger partial charge in [0.15, 0.2) is 0 Å². The molecule has 0 unspecified atom stereocenters. The predicted molar refractivity (Wildman–Crippen MR) is 120 cm³/mol. The largest absolute Gasteiger partial charge is 0.507 e. The first kappa shape index (κ1) is 23.0. The number of unbranched alkanes of at least 4 members (excludes halogenated alkanes) is 9. The van der Waals surface area contributed by atoms with Crippen molar-refractivity contribution in [3.05, 3.63) is 64.7 Å². The first-order valence-corrected chi connectivity index (χ1v) is 11.2. The minimum absolute atomic E-state index is 0.0144.